The summed E-state index contributed by atoms with van der Waals surface area (Å²) in [6.07, 6.45) is 3.88. The number of rotatable bonds is 2. The first-order chi connectivity index (χ1) is 9.06. The molecule has 0 heterocycles. The average molecular weight is 302 g/mol. The van der Waals surface area contributed by atoms with Crippen molar-refractivity contribution in [1.82, 2.24) is 0 Å². The molecule has 1 aliphatic carbocycles. The summed E-state index contributed by atoms with van der Waals surface area (Å²) in [6, 6.07) is 4.92. The lowest BCUT2D eigenvalue weighted by Crippen LogP contribution is -2.30. The Morgan fingerprint density at radius 1 is 1.32 bits per heavy atom. The Morgan fingerprint density at radius 3 is 2.79 bits per heavy atom. The Labute approximate surface area is 123 Å². The first-order valence-corrected chi connectivity index (χ1v) is 7.24. The van der Waals surface area contributed by atoms with Gasteiger partial charge in [-0.2, -0.15) is 0 Å². The van der Waals surface area contributed by atoms with Crippen molar-refractivity contribution in [3.05, 3.63) is 28.2 Å². The van der Waals surface area contributed by atoms with Crippen molar-refractivity contribution in [2.45, 2.75) is 38.7 Å². The normalized spacial score (nSPS) is 22.9. The van der Waals surface area contributed by atoms with Gasteiger partial charge in [-0.15, -0.1) is 0 Å². The van der Waals surface area contributed by atoms with Gasteiger partial charge in [0.15, 0.2) is 0 Å². The summed E-state index contributed by atoms with van der Waals surface area (Å²) in [7, 11) is 0. The fourth-order valence-corrected chi connectivity index (χ4v) is 2.66. The molecule has 2 rings (SSSR count). The maximum atomic E-state index is 11.9. The second-order valence-corrected chi connectivity index (χ2v) is 5.80. The molecule has 5 heteroatoms. The number of hydrogen-bond acceptors (Lipinski definition) is 2. The van der Waals surface area contributed by atoms with E-state index in [0.29, 0.717) is 21.7 Å². The van der Waals surface area contributed by atoms with Gasteiger partial charge in [-0.1, -0.05) is 36.5 Å². The zero-order chi connectivity index (χ0) is 13.8. The fraction of sp³-hybridized carbons (Fsp3) is 0.500. The topological polar surface area (TPSA) is 38.3 Å². The number of amides is 1. The van der Waals surface area contributed by atoms with Crippen LogP contribution in [0.1, 0.15) is 32.6 Å². The molecule has 1 aliphatic rings. The van der Waals surface area contributed by atoms with E-state index in [1.807, 2.05) is 0 Å². The van der Waals surface area contributed by atoms with E-state index in [1.54, 1.807) is 18.2 Å². The average Bonchev–Trinajstić information content (AvgIpc) is 2.37. The number of benzene rings is 1. The predicted octanol–water partition coefficient (Wildman–Crippen LogP) is 5.12. The van der Waals surface area contributed by atoms with Gasteiger partial charge < -0.3 is 4.74 Å². The summed E-state index contributed by atoms with van der Waals surface area (Å²) in [5, 5.41) is 3.60. The highest BCUT2D eigenvalue weighted by atomic mass is 35.5. The van der Waals surface area contributed by atoms with Crippen molar-refractivity contribution in [1.29, 1.82) is 0 Å². The van der Waals surface area contributed by atoms with Crippen LogP contribution in [0.4, 0.5) is 10.5 Å². The van der Waals surface area contributed by atoms with Crippen molar-refractivity contribution in [2.75, 3.05) is 5.32 Å². The van der Waals surface area contributed by atoms with E-state index in [9.17, 15) is 4.79 Å². The van der Waals surface area contributed by atoms with Gasteiger partial charge in [0.1, 0.15) is 6.10 Å². The number of anilines is 1. The van der Waals surface area contributed by atoms with Gasteiger partial charge >= 0.3 is 6.09 Å². The van der Waals surface area contributed by atoms with Gasteiger partial charge in [-0.3, -0.25) is 5.32 Å². The molecular weight excluding hydrogens is 285 g/mol. The van der Waals surface area contributed by atoms with E-state index >= 15 is 0 Å². The fourth-order valence-electron chi connectivity index (χ4n) is 2.33. The van der Waals surface area contributed by atoms with Gasteiger partial charge in [0.25, 0.3) is 0 Å². The highest BCUT2D eigenvalue weighted by Crippen LogP contribution is 2.28. The van der Waals surface area contributed by atoms with Crippen LogP contribution in [0, 0.1) is 5.92 Å². The number of carbonyl (C=O) groups is 1. The molecule has 1 N–H and O–H groups in total. The van der Waals surface area contributed by atoms with Crippen LogP contribution in [0.3, 0.4) is 0 Å². The Morgan fingerprint density at radius 2 is 2.05 bits per heavy atom. The quantitative estimate of drug-likeness (QED) is 0.823. The first kappa shape index (κ1) is 14.5. The van der Waals surface area contributed by atoms with Gasteiger partial charge in [0.2, 0.25) is 0 Å². The molecule has 2 unspecified atom stereocenters. The van der Waals surface area contributed by atoms with Crippen molar-refractivity contribution >= 4 is 35.0 Å². The summed E-state index contributed by atoms with van der Waals surface area (Å²) >= 11 is 11.8. The first-order valence-electron chi connectivity index (χ1n) is 6.49. The Hall–Kier alpha value is -0.930. The van der Waals surface area contributed by atoms with Crippen LogP contribution in [0.5, 0.6) is 0 Å². The molecule has 0 aliphatic heterocycles. The largest absolute Gasteiger partial charge is 0.446 e. The maximum absolute atomic E-state index is 11.9. The van der Waals surface area contributed by atoms with E-state index in [-0.39, 0.29) is 6.10 Å². The number of ether oxygens (including phenoxy) is 1. The zero-order valence-corrected chi connectivity index (χ0v) is 12.3. The van der Waals surface area contributed by atoms with Crippen LogP contribution in [0.25, 0.3) is 0 Å². The van der Waals surface area contributed by atoms with Crippen LogP contribution in [0.2, 0.25) is 10.0 Å². The van der Waals surface area contributed by atoms with Gasteiger partial charge in [0, 0.05) is 5.02 Å². The lowest BCUT2D eigenvalue weighted by molar-refractivity contribution is 0.0524. The maximum Gasteiger partial charge on any atom is 0.411 e. The number of halogens is 2. The summed E-state index contributed by atoms with van der Waals surface area (Å²) < 4.78 is 5.45. The molecular formula is C14H17Cl2NO2. The lowest BCUT2D eigenvalue weighted by atomic mass is 9.88. The van der Waals surface area contributed by atoms with Crippen LogP contribution in [-0.4, -0.2) is 12.2 Å². The number of carbonyl (C=O) groups excluding carboxylic acids is 1. The highest BCUT2D eigenvalue weighted by molar-refractivity contribution is 6.35. The molecule has 1 amide bonds. The molecule has 1 saturated carbocycles. The molecule has 19 heavy (non-hydrogen) atoms. The van der Waals surface area contributed by atoms with E-state index in [0.717, 1.165) is 19.3 Å². The van der Waals surface area contributed by atoms with Crippen LogP contribution >= 0.6 is 23.2 Å². The Balaban J connectivity index is 1.95. The highest BCUT2D eigenvalue weighted by Gasteiger charge is 2.24. The smallest absolute Gasteiger partial charge is 0.411 e. The second kappa shape index (κ2) is 6.49. The Bertz CT molecular complexity index is 465. The van der Waals surface area contributed by atoms with Crippen molar-refractivity contribution in [2.24, 2.45) is 5.92 Å². The summed E-state index contributed by atoms with van der Waals surface area (Å²) in [6.45, 7) is 2.11. The summed E-state index contributed by atoms with van der Waals surface area (Å²) in [5.41, 5.74) is 0.475. The molecule has 0 bridgehead atoms. The summed E-state index contributed by atoms with van der Waals surface area (Å²) in [4.78, 5) is 11.9. The number of nitrogens with one attached hydrogen (secondary N) is 1. The molecule has 1 fully saturated rings. The van der Waals surface area contributed by atoms with Crippen molar-refractivity contribution < 1.29 is 9.53 Å². The van der Waals surface area contributed by atoms with Crippen molar-refractivity contribution in [3.8, 4) is 0 Å². The van der Waals surface area contributed by atoms with E-state index in [4.69, 9.17) is 27.9 Å². The molecule has 104 valence electrons. The van der Waals surface area contributed by atoms with E-state index < -0.39 is 6.09 Å². The molecule has 2 atom stereocenters. The molecule has 0 spiro atoms. The van der Waals surface area contributed by atoms with Gasteiger partial charge in [0.05, 0.1) is 10.7 Å². The Kier molecular flexibility index (Phi) is 4.94. The third kappa shape index (κ3) is 4.02. The molecule has 0 saturated heterocycles. The standard InChI is InChI=1S/C14H17Cl2NO2/c1-9-4-2-3-5-13(9)19-14(18)17-12-8-10(15)6-7-11(12)16/h6-9,13H,2-5H2,1H3,(H,17,18). The van der Waals surface area contributed by atoms with Crippen LogP contribution in [-0.2, 0) is 4.74 Å². The minimum atomic E-state index is -0.470. The van der Waals surface area contributed by atoms with Crippen LogP contribution < -0.4 is 5.32 Å². The third-order valence-electron chi connectivity index (χ3n) is 3.46. The molecule has 3 nitrogen and oxygen atoms in total. The third-order valence-corrected chi connectivity index (χ3v) is 4.02. The monoisotopic (exact) mass is 301 g/mol. The van der Waals surface area contributed by atoms with Crippen LogP contribution in [0.15, 0.2) is 18.2 Å². The lowest BCUT2D eigenvalue weighted by Gasteiger charge is -2.28. The minimum Gasteiger partial charge on any atom is -0.446 e. The zero-order valence-electron chi connectivity index (χ0n) is 10.8. The molecule has 1 aromatic carbocycles. The molecule has 0 aromatic heterocycles. The SMILES string of the molecule is CC1CCCCC1OC(=O)Nc1cc(Cl)ccc1Cl. The van der Waals surface area contributed by atoms with E-state index in [2.05, 4.69) is 12.2 Å². The molecule has 0 radical (unpaired) electrons. The van der Waals surface area contributed by atoms with Gasteiger partial charge in [-0.25, -0.2) is 4.79 Å². The summed E-state index contributed by atoms with van der Waals surface area (Å²) in [5.74, 6) is 0.411. The van der Waals surface area contributed by atoms with E-state index in [1.165, 1.54) is 6.42 Å². The number of hydrogen-bond donors (Lipinski definition) is 1. The molecule has 1 aromatic rings. The van der Waals surface area contributed by atoms with Gasteiger partial charge in [-0.05, 0) is 43.4 Å². The second-order valence-electron chi connectivity index (χ2n) is 4.95. The minimum absolute atomic E-state index is 0.00768. The predicted molar refractivity (Wildman–Crippen MR) is 78.0 cm³/mol. The van der Waals surface area contributed by atoms with Crippen molar-refractivity contribution in [3.63, 3.8) is 0 Å².